The van der Waals surface area contributed by atoms with Gasteiger partial charge in [-0.3, -0.25) is 19.9 Å². The van der Waals surface area contributed by atoms with E-state index < -0.39 is 5.41 Å². The van der Waals surface area contributed by atoms with Crippen molar-refractivity contribution in [3.63, 3.8) is 0 Å². The molecule has 2 atom stereocenters. The Bertz CT molecular complexity index is 1440. The van der Waals surface area contributed by atoms with Gasteiger partial charge >= 0.3 is 0 Å². The second-order valence-electron chi connectivity index (χ2n) is 9.81. The standard InChI is InChI=1S/C25H26ClN9O/c1-25(2,13-27)11-22-33-20-12-29-18(23-30-14-31-34-23)10-21(20)35(22)17-5-3-4-16(9-17)32-24(36)19-8-15(26)6-7-28-19/h6-8,10,12,14,16-17H,3-5,9,11H2,1-2H3,(H,32,36)(H,30,31,34)/t16-,17+/m0/s1. The van der Waals surface area contributed by atoms with E-state index in [1.165, 1.54) is 12.5 Å². The molecular formula is C25H26ClN9O. The highest BCUT2D eigenvalue weighted by atomic mass is 35.5. The van der Waals surface area contributed by atoms with Crippen LogP contribution in [-0.2, 0) is 6.42 Å². The number of amides is 1. The molecule has 0 aliphatic heterocycles. The molecule has 1 aliphatic rings. The first kappa shape index (κ1) is 23.9. The molecule has 1 aliphatic carbocycles. The van der Waals surface area contributed by atoms with E-state index in [0.29, 0.717) is 28.7 Å². The van der Waals surface area contributed by atoms with Crippen LogP contribution >= 0.6 is 11.6 Å². The molecule has 4 aromatic heterocycles. The fourth-order valence-electron chi connectivity index (χ4n) is 4.79. The normalized spacial score (nSPS) is 18.2. The van der Waals surface area contributed by atoms with Crippen LogP contribution in [0.4, 0.5) is 0 Å². The highest BCUT2D eigenvalue weighted by Crippen LogP contribution is 2.35. The van der Waals surface area contributed by atoms with Crippen molar-refractivity contribution in [3.8, 4) is 17.6 Å². The first-order valence-corrected chi connectivity index (χ1v) is 12.3. The van der Waals surface area contributed by atoms with Crippen LogP contribution in [0.5, 0.6) is 0 Å². The van der Waals surface area contributed by atoms with E-state index in [2.05, 4.69) is 41.1 Å². The lowest BCUT2D eigenvalue weighted by Gasteiger charge is -2.32. The van der Waals surface area contributed by atoms with Crippen LogP contribution in [0.3, 0.4) is 0 Å². The summed E-state index contributed by atoms with van der Waals surface area (Å²) >= 11 is 6.04. The van der Waals surface area contributed by atoms with Gasteiger partial charge in [-0.05, 0) is 57.7 Å². The summed E-state index contributed by atoms with van der Waals surface area (Å²) in [5.41, 5.74) is 2.07. The number of nitriles is 1. The van der Waals surface area contributed by atoms with Crippen molar-refractivity contribution in [1.82, 2.24) is 40.0 Å². The molecule has 0 unspecified atom stereocenters. The topological polar surface area (TPSA) is 138 Å². The van der Waals surface area contributed by atoms with Gasteiger partial charge in [-0.1, -0.05) is 11.6 Å². The lowest BCUT2D eigenvalue weighted by atomic mass is 9.88. The average Bonchev–Trinajstić information content (AvgIpc) is 3.51. The number of aromatic amines is 1. The maximum atomic E-state index is 12.8. The predicted molar refractivity (Wildman–Crippen MR) is 134 cm³/mol. The molecule has 0 bridgehead atoms. The maximum Gasteiger partial charge on any atom is 0.270 e. The summed E-state index contributed by atoms with van der Waals surface area (Å²) in [6.45, 7) is 3.83. The van der Waals surface area contributed by atoms with Gasteiger partial charge in [-0.15, -0.1) is 0 Å². The zero-order valence-electron chi connectivity index (χ0n) is 20.1. The fraction of sp³-hybridized carbons (Fsp3) is 0.400. The number of fused-ring (bicyclic) bond motifs is 1. The molecule has 2 N–H and O–H groups in total. The number of hydrogen-bond acceptors (Lipinski definition) is 7. The Kier molecular flexibility index (Phi) is 6.41. The Morgan fingerprint density at radius 2 is 2.17 bits per heavy atom. The van der Waals surface area contributed by atoms with Crippen LogP contribution in [0.1, 0.15) is 61.9 Å². The Balaban J connectivity index is 1.48. The number of rotatable bonds is 6. The SMILES string of the molecule is CC(C)(C#N)Cc1nc2cnc(-c3ncn[nH]3)cc2n1[C@@H]1CCC[C@H](NC(=O)c2cc(Cl)ccn2)C1. The number of halogens is 1. The molecule has 4 aromatic rings. The maximum absolute atomic E-state index is 12.8. The van der Waals surface area contributed by atoms with Gasteiger partial charge in [0, 0.05) is 29.7 Å². The van der Waals surface area contributed by atoms with Gasteiger partial charge in [-0.2, -0.15) is 10.4 Å². The molecule has 0 aromatic carbocycles. The first-order chi connectivity index (χ1) is 17.3. The van der Waals surface area contributed by atoms with Crippen LogP contribution in [0.25, 0.3) is 22.6 Å². The van der Waals surface area contributed by atoms with Crippen molar-refractivity contribution < 1.29 is 4.79 Å². The number of imidazole rings is 1. The van der Waals surface area contributed by atoms with E-state index in [1.54, 1.807) is 18.3 Å². The number of aromatic nitrogens is 7. The monoisotopic (exact) mass is 503 g/mol. The molecule has 1 fully saturated rings. The van der Waals surface area contributed by atoms with Gasteiger partial charge in [0.1, 0.15) is 29.1 Å². The number of H-pyrrole nitrogens is 1. The fourth-order valence-corrected chi connectivity index (χ4v) is 4.95. The number of pyridine rings is 2. The van der Waals surface area contributed by atoms with Gasteiger partial charge < -0.3 is 9.88 Å². The third kappa shape index (κ3) is 4.93. The minimum atomic E-state index is -0.582. The van der Waals surface area contributed by atoms with Gasteiger partial charge in [0.15, 0.2) is 5.82 Å². The van der Waals surface area contributed by atoms with Crippen molar-refractivity contribution in [2.45, 2.75) is 58.0 Å². The van der Waals surface area contributed by atoms with Gasteiger partial charge in [0.25, 0.3) is 5.91 Å². The second kappa shape index (κ2) is 9.66. The second-order valence-corrected chi connectivity index (χ2v) is 10.2. The Labute approximate surface area is 213 Å². The summed E-state index contributed by atoms with van der Waals surface area (Å²) in [6, 6.07) is 7.63. The Morgan fingerprint density at radius 1 is 1.31 bits per heavy atom. The van der Waals surface area contributed by atoms with Crippen LogP contribution in [0, 0.1) is 16.7 Å². The van der Waals surface area contributed by atoms with Crippen molar-refractivity contribution in [3.05, 3.63) is 53.5 Å². The van der Waals surface area contributed by atoms with Crippen LogP contribution in [0.15, 0.2) is 36.9 Å². The number of nitrogens with one attached hydrogen (secondary N) is 2. The van der Waals surface area contributed by atoms with Gasteiger partial charge in [0.2, 0.25) is 0 Å². The molecular weight excluding hydrogens is 478 g/mol. The largest absolute Gasteiger partial charge is 0.348 e. The lowest BCUT2D eigenvalue weighted by molar-refractivity contribution is 0.0915. The number of carbonyl (C=O) groups excluding carboxylic acids is 1. The summed E-state index contributed by atoms with van der Waals surface area (Å²) in [5, 5.41) is 20.1. The van der Waals surface area contributed by atoms with Crippen LogP contribution in [-0.4, -0.2) is 46.6 Å². The molecule has 36 heavy (non-hydrogen) atoms. The van der Waals surface area contributed by atoms with Crippen LogP contribution in [0.2, 0.25) is 5.02 Å². The Hall–Kier alpha value is -3.84. The molecule has 0 radical (unpaired) electrons. The zero-order chi connectivity index (χ0) is 25.3. The highest BCUT2D eigenvalue weighted by molar-refractivity contribution is 6.30. The summed E-state index contributed by atoms with van der Waals surface area (Å²) in [7, 11) is 0. The van der Waals surface area contributed by atoms with Crippen molar-refractivity contribution in [2.75, 3.05) is 0 Å². The van der Waals surface area contributed by atoms with Crippen LogP contribution < -0.4 is 5.32 Å². The predicted octanol–water partition coefficient (Wildman–Crippen LogP) is 4.27. The molecule has 0 spiro atoms. The van der Waals surface area contributed by atoms with Crippen molar-refractivity contribution >= 4 is 28.5 Å². The minimum absolute atomic E-state index is 0.0260. The number of nitrogens with zero attached hydrogens (tertiary/aromatic N) is 7. The van der Waals surface area contributed by atoms with Gasteiger partial charge in [-0.25, -0.2) is 9.97 Å². The quantitative estimate of drug-likeness (QED) is 0.400. The minimum Gasteiger partial charge on any atom is -0.348 e. The number of carbonyl (C=O) groups is 1. The molecule has 4 heterocycles. The summed E-state index contributed by atoms with van der Waals surface area (Å²) in [6.07, 6.45) is 8.70. The molecule has 0 saturated heterocycles. The average molecular weight is 504 g/mol. The summed E-state index contributed by atoms with van der Waals surface area (Å²) in [5.74, 6) is 1.18. The smallest absolute Gasteiger partial charge is 0.270 e. The molecule has 10 nitrogen and oxygen atoms in total. The molecule has 1 saturated carbocycles. The third-order valence-corrected chi connectivity index (χ3v) is 6.75. The van der Waals surface area contributed by atoms with E-state index in [1.807, 2.05) is 19.9 Å². The Morgan fingerprint density at radius 3 is 2.92 bits per heavy atom. The summed E-state index contributed by atoms with van der Waals surface area (Å²) < 4.78 is 2.23. The summed E-state index contributed by atoms with van der Waals surface area (Å²) in [4.78, 5) is 30.6. The number of hydrogen-bond donors (Lipinski definition) is 2. The van der Waals surface area contributed by atoms with E-state index >= 15 is 0 Å². The zero-order valence-corrected chi connectivity index (χ0v) is 20.8. The van der Waals surface area contributed by atoms with Crippen molar-refractivity contribution in [1.29, 1.82) is 5.26 Å². The van der Waals surface area contributed by atoms with E-state index in [9.17, 15) is 10.1 Å². The van der Waals surface area contributed by atoms with Crippen molar-refractivity contribution in [2.24, 2.45) is 5.41 Å². The molecule has 184 valence electrons. The van der Waals surface area contributed by atoms with E-state index in [4.69, 9.17) is 16.6 Å². The van der Waals surface area contributed by atoms with Gasteiger partial charge in [0.05, 0.1) is 23.2 Å². The van der Waals surface area contributed by atoms with E-state index in [-0.39, 0.29) is 18.0 Å². The molecule has 11 heteroatoms. The van der Waals surface area contributed by atoms with E-state index in [0.717, 1.165) is 42.5 Å². The highest BCUT2D eigenvalue weighted by Gasteiger charge is 2.30. The molecule has 5 rings (SSSR count). The lowest BCUT2D eigenvalue weighted by Crippen LogP contribution is -2.39. The molecule has 1 amide bonds. The third-order valence-electron chi connectivity index (χ3n) is 6.51. The first-order valence-electron chi connectivity index (χ1n) is 11.9.